The molecule has 0 aliphatic rings. The van der Waals surface area contributed by atoms with Gasteiger partial charge in [0.05, 0.1) is 17.3 Å². The Balaban J connectivity index is 1.63. The van der Waals surface area contributed by atoms with E-state index in [2.05, 4.69) is 16.2 Å². The fraction of sp³-hybridized carbons (Fsp3) is 0.200. The van der Waals surface area contributed by atoms with Crippen LogP contribution in [0.3, 0.4) is 0 Å². The third-order valence-corrected chi connectivity index (χ3v) is 4.39. The summed E-state index contributed by atoms with van der Waals surface area (Å²) in [7, 11) is 1.73. The minimum Gasteiger partial charge on any atom is -0.482 e. The minimum absolute atomic E-state index is 0.128. The van der Waals surface area contributed by atoms with Gasteiger partial charge in [-0.1, -0.05) is 24.3 Å². The van der Waals surface area contributed by atoms with Gasteiger partial charge < -0.3 is 9.64 Å². The molecule has 0 aliphatic carbocycles. The molecule has 1 atom stereocenters. The first-order valence-electron chi connectivity index (χ1n) is 8.42. The Kier molecular flexibility index (Phi) is 5.47. The molecule has 7 heteroatoms. The number of amides is 1. The van der Waals surface area contributed by atoms with Gasteiger partial charge in [-0.05, 0) is 36.8 Å². The fourth-order valence-corrected chi connectivity index (χ4v) is 2.61. The van der Waals surface area contributed by atoms with Gasteiger partial charge in [-0.15, -0.1) is 0 Å². The van der Waals surface area contributed by atoms with Gasteiger partial charge in [0.15, 0.2) is 6.61 Å². The zero-order chi connectivity index (χ0) is 19.2. The molecule has 0 fully saturated rings. The van der Waals surface area contributed by atoms with Crippen LogP contribution in [0.25, 0.3) is 5.69 Å². The lowest BCUT2D eigenvalue weighted by Gasteiger charge is -2.25. The van der Waals surface area contributed by atoms with Crippen LogP contribution in [-0.4, -0.2) is 39.2 Å². The van der Waals surface area contributed by atoms with Crippen LogP contribution in [0.1, 0.15) is 24.1 Å². The van der Waals surface area contributed by atoms with E-state index in [4.69, 9.17) is 10.00 Å². The number of rotatable bonds is 6. The lowest BCUT2D eigenvalue weighted by Crippen LogP contribution is -2.33. The second-order valence-electron chi connectivity index (χ2n) is 6.01. The van der Waals surface area contributed by atoms with Crippen molar-refractivity contribution >= 4 is 5.91 Å². The second-order valence-corrected chi connectivity index (χ2v) is 6.01. The van der Waals surface area contributed by atoms with Crippen LogP contribution in [0.15, 0.2) is 61.2 Å². The number of ether oxygens (including phenoxy) is 1. The van der Waals surface area contributed by atoms with Gasteiger partial charge in [-0.2, -0.15) is 10.4 Å². The van der Waals surface area contributed by atoms with Gasteiger partial charge in [0.25, 0.3) is 5.91 Å². The number of carbonyl (C=O) groups is 1. The molecule has 1 amide bonds. The van der Waals surface area contributed by atoms with Crippen molar-refractivity contribution in [1.29, 1.82) is 5.26 Å². The van der Waals surface area contributed by atoms with E-state index in [1.165, 1.54) is 6.33 Å². The first-order valence-corrected chi connectivity index (χ1v) is 8.42. The Morgan fingerprint density at radius 2 is 2.00 bits per heavy atom. The molecule has 136 valence electrons. The summed E-state index contributed by atoms with van der Waals surface area (Å²) in [4.78, 5) is 18.0. The maximum Gasteiger partial charge on any atom is 0.260 e. The molecular formula is C20H19N5O2. The number of nitrogens with zero attached hydrogens (tertiary/aromatic N) is 5. The number of para-hydroxylation sites is 1. The van der Waals surface area contributed by atoms with Crippen LogP contribution in [0.5, 0.6) is 5.75 Å². The first-order chi connectivity index (χ1) is 13.1. The Morgan fingerprint density at radius 1 is 1.26 bits per heavy atom. The predicted molar refractivity (Wildman–Crippen MR) is 99.2 cm³/mol. The molecule has 0 saturated heterocycles. The average Bonchev–Trinajstić information content (AvgIpc) is 3.26. The Hall–Kier alpha value is -3.66. The lowest BCUT2D eigenvalue weighted by atomic mass is 10.1. The van der Waals surface area contributed by atoms with Gasteiger partial charge >= 0.3 is 0 Å². The number of aromatic nitrogens is 3. The molecule has 0 radical (unpaired) electrons. The number of nitriles is 1. The van der Waals surface area contributed by atoms with E-state index >= 15 is 0 Å². The Bertz CT molecular complexity index is 945. The number of carbonyl (C=O) groups excluding carboxylic acids is 1. The normalized spacial score (nSPS) is 11.4. The number of hydrogen-bond acceptors (Lipinski definition) is 5. The van der Waals surface area contributed by atoms with E-state index in [0.717, 1.165) is 11.3 Å². The summed E-state index contributed by atoms with van der Waals surface area (Å²) in [5, 5.41) is 13.2. The van der Waals surface area contributed by atoms with Crippen molar-refractivity contribution in [1.82, 2.24) is 19.7 Å². The van der Waals surface area contributed by atoms with E-state index in [0.29, 0.717) is 11.3 Å². The highest BCUT2D eigenvalue weighted by atomic mass is 16.5. The lowest BCUT2D eigenvalue weighted by molar-refractivity contribution is -0.134. The summed E-state index contributed by atoms with van der Waals surface area (Å²) in [6.45, 7) is 1.82. The van der Waals surface area contributed by atoms with Crippen molar-refractivity contribution in [2.45, 2.75) is 13.0 Å². The topological polar surface area (TPSA) is 84.0 Å². The predicted octanol–water partition coefficient (Wildman–Crippen LogP) is 2.74. The summed E-state index contributed by atoms with van der Waals surface area (Å²) in [5.41, 5.74) is 2.30. The molecule has 3 rings (SSSR count). The van der Waals surface area contributed by atoms with Crippen molar-refractivity contribution in [2.75, 3.05) is 13.7 Å². The molecular weight excluding hydrogens is 342 g/mol. The largest absolute Gasteiger partial charge is 0.482 e. The number of likely N-dealkylation sites (N-methyl/N-ethyl adjacent to an activating group) is 1. The van der Waals surface area contributed by atoms with Crippen LogP contribution in [-0.2, 0) is 4.79 Å². The Morgan fingerprint density at radius 3 is 2.67 bits per heavy atom. The summed E-state index contributed by atoms with van der Waals surface area (Å²) in [6.07, 6.45) is 3.11. The van der Waals surface area contributed by atoms with E-state index in [9.17, 15) is 4.79 Å². The summed E-state index contributed by atoms with van der Waals surface area (Å²) in [5.74, 6) is 0.238. The molecule has 1 aromatic heterocycles. The third kappa shape index (κ3) is 4.12. The summed E-state index contributed by atoms with van der Waals surface area (Å²) < 4.78 is 7.20. The first kappa shape index (κ1) is 18.1. The van der Waals surface area contributed by atoms with Crippen LogP contribution in [0, 0.1) is 11.3 Å². The van der Waals surface area contributed by atoms with Crippen LogP contribution >= 0.6 is 0 Å². The summed E-state index contributed by atoms with van der Waals surface area (Å²) in [6, 6.07) is 16.6. The van der Waals surface area contributed by atoms with E-state index in [-0.39, 0.29) is 18.6 Å². The molecule has 1 heterocycles. The van der Waals surface area contributed by atoms with Gasteiger partial charge in [0.1, 0.15) is 24.5 Å². The van der Waals surface area contributed by atoms with E-state index < -0.39 is 0 Å². The molecule has 0 saturated carbocycles. The molecule has 0 bridgehead atoms. The van der Waals surface area contributed by atoms with Crippen LogP contribution < -0.4 is 4.74 Å². The third-order valence-electron chi connectivity index (χ3n) is 4.39. The van der Waals surface area contributed by atoms with Crippen LogP contribution in [0.2, 0.25) is 0 Å². The number of benzene rings is 2. The maximum atomic E-state index is 12.5. The Labute approximate surface area is 157 Å². The molecule has 0 aliphatic heterocycles. The SMILES string of the molecule is C[C@H](c1ccc(-n2cncn2)cc1)N(C)C(=O)COc1ccccc1C#N. The van der Waals surface area contributed by atoms with Crippen molar-refractivity contribution in [3.05, 3.63) is 72.3 Å². The highest BCUT2D eigenvalue weighted by Gasteiger charge is 2.18. The van der Waals surface area contributed by atoms with Crippen molar-refractivity contribution in [3.63, 3.8) is 0 Å². The van der Waals surface area contributed by atoms with Gasteiger partial charge in [0.2, 0.25) is 0 Å². The van der Waals surface area contributed by atoms with Crippen molar-refractivity contribution in [3.8, 4) is 17.5 Å². The molecule has 0 spiro atoms. The highest BCUT2D eigenvalue weighted by molar-refractivity contribution is 5.78. The second kappa shape index (κ2) is 8.15. The highest BCUT2D eigenvalue weighted by Crippen LogP contribution is 2.21. The summed E-state index contributed by atoms with van der Waals surface area (Å²) >= 11 is 0. The van der Waals surface area contributed by atoms with Crippen molar-refractivity contribution in [2.24, 2.45) is 0 Å². The van der Waals surface area contributed by atoms with Crippen molar-refractivity contribution < 1.29 is 9.53 Å². The quantitative estimate of drug-likeness (QED) is 0.674. The molecule has 2 aromatic carbocycles. The fourth-order valence-electron chi connectivity index (χ4n) is 2.61. The minimum atomic E-state index is -0.171. The van der Waals surface area contributed by atoms with E-state index in [1.54, 1.807) is 47.2 Å². The van der Waals surface area contributed by atoms with Crippen LogP contribution in [0.4, 0.5) is 0 Å². The molecule has 3 aromatic rings. The van der Waals surface area contributed by atoms with E-state index in [1.807, 2.05) is 31.2 Å². The average molecular weight is 361 g/mol. The molecule has 7 nitrogen and oxygen atoms in total. The van der Waals surface area contributed by atoms with Gasteiger partial charge in [-0.25, -0.2) is 9.67 Å². The molecule has 27 heavy (non-hydrogen) atoms. The number of hydrogen-bond donors (Lipinski definition) is 0. The maximum absolute atomic E-state index is 12.5. The molecule has 0 unspecified atom stereocenters. The molecule has 0 N–H and O–H groups in total. The van der Waals surface area contributed by atoms with Gasteiger partial charge in [0, 0.05) is 7.05 Å². The monoisotopic (exact) mass is 361 g/mol. The smallest absolute Gasteiger partial charge is 0.260 e. The zero-order valence-corrected chi connectivity index (χ0v) is 15.1. The zero-order valence-electron chi connectivity index (χ0n) is 15.1. The van der Waals surface area contributed by atoms with Gasteiger partial charge in [-0.3, -0.25) is 4.79 Å². The standard InChI is InChI=1S/C20H19N5O2/c1-15(16-7-9-18(10-8-16)25-14-22-13-23-25)24(2)20(26)12-27-19-6-4-3-5-17(19)11-21/h3-10,13-15H,12H2,1-2H3/t15-/m1/s1.